The van der Waals surface area contributed by atoms with Gasteiger partial charge in [-0.1, -0.05) is 25.1 Å². The Morgan fingerprint density at radius 3 is 2.44 bits per heavy atom. The van der Waals surface area contributed by atoms with Crippen LogP contribution in [0.25, 0.3) is 0 Å². The van der Waals surface area contributed by atoms with E-state index in [2.05, 4.69) is 0 Å². The summed E-state index contributed by atoms with van der Waals surface area (Å²) >= 11 is 0.919. The van der Waals surface area contributed by atoms with Crippen molar-refractivity contribution >= 4 is 17.7 Å². The smallest absolute Gasteiger partial charge is 0.396 e. The molecule has 0 aliphatic carbocycles. The first-order valence-corrected chi connectivity index (χ1v) is 6.44. The lowest BCUT2D eigenvalue weighted by molar-refractivity contribution is -0.525. The van der Waals surface area contributed by atoms with E-state index in [1.807, 2.05) is 6.07 Å². The van der Waals surface area contributed by atoms with E-state index in [1.54, 1.807) is 38.1 Å². The topological polar surface area (TPSA) is 69.4 Å². The fraction of sp³-hybridized carbons (Fsp3) is 0.417. The van der Waals surface area contributed by atoms with Gasteiger partial charge in [0, 0.05) is 16.2 Å². The number of thioether (sulfide) groups is 1. The van der Waals surface area contributed by atoms with Crippen molar-refractivity contribution in [3.8, 4) is 0 Å². The molecule has 1 atom stereocenters. The van der Waals surface area contributed by atoms with Crippen LogP contribution in [-0.4, -0.2) is 22.4 Å². The number of nitrogens with zero attached hydrogens (tertiary/aromatic N) is 1. The Morgan fingerprint density at radius 2 is 2.00 bits per heavy atom. The van der Waals surface area contributed by atoms with Gasteiger partial charge in [-0.05, 0) is 30.8 Å². The molecule has 0 aliphatic heterocycles. The number of carbonyl (C=O) groups is 1. The van der Waals surface area contributed by atoms with Gasteiger partial charge in [0.2, 0.25) is 0 Å². The summed E-state index contributed by atoms with van der Waals surface area (Å²) in [7, 11) is 0. The van der Waals surface area contributed by atoms with Crippen LogP contribution in [0.15, 0.2) is 35.2 Å². The van der Waals surface area contributed by atoms with Crippen LogP contribution in [0.4, 0.5) is 0 Å². The Morgan fingerprint density at radius 1 is 1.39 bits per heavy atom. The zero-order valence-electron chi connectivity index (χ0n) is 10.3. The van der Waals surface area contributed by atoms with Crippen LogP contribution in [0.1, 0.15) is 20.3 Å². The highest BCUT2D eigenvalue weighted by Crippen LogP contribution is 2.37. The van der Waals surface area contributed by atoms with Crippen LogP contribution in [0, 0.1) is 10.1 Å². The molecule has 1 aromatic rings. The molecular formula is C12H15NO4S. The number of esters is 1. The van der Waals surface area contributed by atoms with Gasteiger partial charge in [0.05, 0.1) is 6.61 Å². The normalized spacial score (nSPS) is 13.7. The zero-order valence-corrected chi connectivity index (χ0v) is 11.1. The van der Waals surface area contributed by atoms with Gasteiger partial charge in [-0.3, -0.25) is 10.1 Å². The summed E-state index contributed by atoms with van der Waals surface area (Å²) in [6.07, 6.45) is 0.0679. The number of nitro groups is 1. The molecule has 1 rings (SSSR count). The van der Waals surface area contributed by atoms with Gasteiger partial charge >= 0.3 is 10.8 Å². The summed E-state index contributed by atoms with van der Waals surface area (Å²) in [6.45, 7) is 3.37. The summed E-state index contributed by atoms with van der Waals surface area (Å²) in [5.74, 6) is -0.800. The van der Waals surface area contributed by atoms with E-state index in [9.17, 15) is 14.9 Å². The third-order valence-corrected chi connectivity index (χ3v) is 3.85. The summed E-state index contributed by atoms with van der Waals surface area (Å²) < 4.78 is 4.83. The molecule has 0 bridgehead atoms. The van der Waals surface area contributed by atoms with Crippen LogP contribution < -0.4 is 0 Å². The van der Waals surface area contributed by atoms with Crippen LogP contribution in [0.2, 0.25) is 0 Å². The van der Waals surface area contributed by atoms with Crippen molar-refractivity contribution in [2.75, 3.05) is 6.61 Å². The molecule has 98 valence electrons. The van der Waals surface area contributed by atoms with Gasteiger partial charge in [-0.25, -0.2) is 4.79 Å². The maximum absolute atomic E-state index is 11.9. The molecule has 0 saturated heterocycles. The van der Waals surface area contributed by atoms with Gasteiger partial charge in [0.1, 0.15) is 0 Å². The second-order valence-corrected chi connectivity index (χ2v) is 4.88. The fourth-order valence-corrected chi connectivity index (χ4v) is 2.47. The molecule has 0 spiro atoms. The average Bonchev–Trinajstić information content (AvgIpc) is 2.37. The number of carbonyl (C=O) groups excluding carboxylic acids is 1. The molecule has 0 radical (unpaired) electrons. The predicted molar refractivity (Wildman–Crippen MR) is 68.9 cm³/mol. The molecule has 1 unspecified atom stereocenters. The van der Waals surface area contributed by atoms with E-state index < -0.39 is 15.8 Å². The van der Waals surface area contributed by atoms with E-state index in [0.717, 1.165) is 11.8 Å². The van der Waals surface area contributed by atoms with Gasteiger partial charge in [-0.15, -0.1) is 0 Å². The Bertz CT molecular complexity index is 423. The number of hydrogen-bond donors (Lipinski definition) is 0. The molecule has 0 N–H and O–H groups in total. The monoisotopic (exact) mass is 269 g/mol. The minimum Gasteiger partial charge on any atom is -0.460 e. The number of hydrogen-bond acceptors (Lipinski definition) is 5. The van der Waals surface area contributed by atoms with Crippen LogP contribution >= 0.6 is 11.8 Å². The maximum Gasteiger partial charge on any atom is 0.396 e. The summed E-state index contributed by atoms with van der Waals surface area (Å²) in [5, 5.41) is 11.3. The number of rotatable bonds is 6. The lowest BCUT2D eigenvalue weighted by Crippen LogP contribution is -2.44. The highest BCUT2D eigenvalue weighted by molar-refractivity contribution is 8.01. The van der Waals surface area contributed by atoms with Crippen LogP contribution in [0.3, 0.4) is 0 Å². The molecular weight excluding hydrogens is 254 g/mol. The van der Waals surface area contributed by atoms with Gasteiger partial charge in [0.25, 0.3) is 0 Å². The Labute approximate surface area is 110 Å². The van der Waals surface area contributed by atoms with Crippen molar-refractivity contribution in [1.29, 1.82) is 0 Å². The molecule has 5 nitrogen and oxygen atoms in total. The lowest BCUT2D eigenvalue weighted by Gasteiger charge is -2.20. The van der Waals surface area contributed by atoms with E-state index in [-0.39, 0.29) is 13.0 Å². The predicted octanol–water partition coefficient (Wildman–Crippen LogP) is 2.72. The third-order valence-electron chi connectivity index (χ3n) is 2.40. The zero-order chi connectivity index (χ0) is 13.6. The van der Waals surface area contributed by atoms with Crippen molar-refractivity contribution in [3.05, 3.63) is 40.4 Å². The van der Waals surface area contributed by atoms with Crippen molar-refractivity contribution < 1.29 is 14.5 Å². The van der Waals surface area contributed by atoms with E-state index >= 15 is 0 Å². The Kier molecular flexibility index (Phi) is 5.15. The van der Waals surface area contributed by atoms with E-state index in [0.29, 0.717) is 4.90 Å². The van der Waals surface area contributed by atoms with Crippen molar-refractivity contribution in [3.63, 3.8) is 0 Å². The molecule has 0 aliphatic rings. The molecule has 0 heterocycles. The second-order valence-electron chi connectivity index (χ2n) is 3.53. The second kappa shape index (κ2) is 6.39. The minimum atomic E-state index is -1.77. The first-order valence-electron chi connectivity index (χ1n) is 5.62. The van der Waals surface area contributed by atoms with Crippen molar-refractivity contribution in [2.45, 2.75) is 30.0 Å². The molecule has 0 fully saturated rings. The molecule has 6 heteroatoms. The van der Waals surface area contributed by atoms with E-state index in [1.165, 1.54) is 0 Å². The third kappa shape index (κ3) is 3.01. The average molecular weight is 269 g/mol. The molecule has 0 amide bonds. The highest BCUT2D eigenvalue weighted by Gasteiger charge is 2.52. The molecule has 0 aromatic heterocycles. The van der Waals surface area contributed by atoms with Crippen molar-refractivity contribution in [1.82, 2.24) is 0 Å². The molecule has 0 saturated carbocycles. The van der Waals surface area contributed by atoms with Crippen molar-refractivity contribution in [2.24, 2.45) is 0 Å². The Balaban J connectivity index is 3.05. The summed E-state index contributed by atoms with van der Waals surface area (Å²) in [5.41, 5.74) is 0. The van der Waals surface area contributed by atoms with Gasteiger partial charge < -0.3 is 4.74 Å². The lowest BCUT2D eigenvalue weighted by atomic mass is 10.2. The standard InChI is InChI=1S/C12H15NO4S/c1-3-12(13(15)16,11(14)17-4-2)18-10-8-6-5-7-9-10/h5-9H,3-4H2,1-2H3. The summed E-state index contributed by atoms with van der Waals surface area (Å²) in [6, 6.07) is 8.82. The first kappa shape index (κ1) is 14.5. The quantitative estimate of drug-likeness (QED) is 0.261. The van der Waals surface area contributed by atoms with Crippen LogP contribution in [0.5, 0.6) is 0 Å². The van der Waals surface area contributed by atoms with Gasteiger partial charge in [-0.2, -0.15) is 0 Å². The molecule has 18 heavy (non-hydrogen) atoms. The molecule has 1 aromatic carbocycles. The maximum atomic E-state index is 11.9. The minimum absolute atomic E-state index is 0.0679. The number of benzene rings is 1. The van der Waals surface area contributed by atoms with Gasteiger partial charge in [0.15, 0.2) is 0 Å². The van der Waals surface area contributed by atoms with E-state index in [4.69, 9.17) is 4.74 Å². The highest BCUT2D eigenvalue weighted by atomic mass is 32.2. The Hall–Kier alpha value is -1.56. The SMILES string of the molecule is CCOC(=O)C(CC)(Sc1ccccc1)[N+](=O)[O-]. The number of ether oxygens (including phenoxy) is 1. The first-order chi connectivity index (χ1) is 8.56. The largest absolute Gasteiger partial charge is 0.460 e. The summed E-state index contributed by atoms with van der Waals surface area (Å²) in [4.78, 5) is 21.5. The van der Waals surface area contributed by atoms with Crippen LogP contribution in [-0.2, 0) is 9.53 Å². The fourth-order valence-electron chi connectivity index (χ4n) is 1.43.